The third-order valence-corrected chi connectivity index (χ3v) is 4.78. The van der Waals surface area contributed by atoms with Crippen LogP contribution < -0.4 is 21.3 Å². The van der Waals surface area contributed by atoms with Gasteiger partial charge in [-0.1, -0.05) is 24.3 Å². The number of hydrogen-bond acceptors (Lipinski definition) is 5. The van der Waals surface area contributed by atoms with Gasteiger partial charge in [-0.3, -0.25) is 9.78 Å². The van der Waals surface area contributed by atoms with E-state index in [4.69, 9.17) is 0 Å². The minimum absolute atomic E-state index is 0.191. The smallest absolute Gasteiger partial charge is 0.315 e. The van der Waals surface area contributed by atoms with Crippen LogP contribution in [-0.2, 0) is 13.0 Å². The van der Waals surface area contributed by atoms with Crippen LogP contribution in [-0.4, -0.2) is 35.5 Å². The van der Waals surface area contributed by atoms with E-state index in [-0.39, 0.29) is 11.9 Å². The first-order valence-corrected chi connectivity index (χ1v) is 10.6. The van der Waals surface area contributed by atoms with Crippen LogP contribution in [0, 0.1) is 0 Å². The summed E-state index contributed by atoms with van der Waals surface area (Å²) >= 11 is 0. The molecule has 0 saturated carbocycles. The molecule has 8 nitrogen and oxygen atoms in total. The monoisotopic (exact) mass is 432 g/mol. The Hall–Kier alpha value is -3.94. The minimum Gasteiger partial charge on any atom is -0.355 e. The number of carbonyl (C=O) groups is 2. The van der Waals surface area contributed by atoms with Crippen molar-refractivity contribution >= 4 is 23.4 Å². The summed E-state index contributed by atoms with van der Waals surface area (Å²) in [6.45, 7) is 1.02. The van der Waals surface area contributed by atoms with Crippen LogP contribution in [0.5, 0.6) is 0 Å². The van der Waals surface area contributed by atoms with Crippen molar-refractivity contribution in [1.82, 2.24) is 25.9 Å². The molecule has 0 atom stereocenters. The molecular formula is C24H28N6O2. The van der Waals surface area contributed by atoms with E-state index in [1.54, 1.807) is 25.5 Å². The second kappa shape index (κ2) is 12.0. The molecule has 0 radical (unpaired) electrons. The molecule has 4 N–H and O–H groups in total. The van der Waals surface area contributed by atoms with Crippen molar-refractivity contribution < 1.29 is 9.59 Å². The fraction of sp³-hybridized carbons (Fsp3) is 0.250. The highest BCUT2D eigenvalue weighted by Gasteiger charge is 2.13. The first-order chi connectivity index (χ1) is 15.7. The largest absolute Gasteiger partial charge is 0.355 e. The summed E-state index contributed by atoms with van der Waals surface area (Å²) in [7, 11) is 1.60. The number of hydrogen-bond donors (Lipinski definition) is 4. The van der Waals surface area contributed by atoms with Crippen LogP contribution in [0.15, 0.2) is 67.0 Å². The molecule has 0 spiro atoms. The normalized spacial score (nSPS) is 10.3. The molecule has 8 heteroatoms. The molecule has 0 aliphatic carbocycles. The zero-order chi connectivity index (χ0) is 22.6. The zero-order valence-electron chi connectivity index (χ0n) is 18.1. The molecule has 3 amide bonds. The quantitative estimate of drug-likeness (QED) is 0.367. The van der Waals surface area contributed by atoms with Gasteiger partial charge in [-0.2, -0.15) is 0 Å². The zero-order valence-corrected chi connectivity index (χ0v) is 18.1. The number of carbonyl (C=O) groups excluding carboxylic acids is 2. The Balaban J connectivity index is 1.46. The fourth-order valence-corrected chi connectivity index (χ4v) is 3.09. The number of unbranched alkanes of at least 4 members (excludes halogenated alkanes) is 1. The van der Waals surface area contributed by atoms with Crippen LogP contribution in [0.1, 0.15) is 34.5 Å². The molecule has 166 valence electrons. The van der Waals surface area contributed by atoms with Crippen LogP contribution >= 0.6 is 0 Å². The van der Waals surface area contributed by atoms with E-state index in [1.807, 2.05) is 48.5 Å². The molecule has 1 aromatic carbocycles. The number of rotatable bonds is 10. The van der Waals surface area contributed by atoms with Gasteiger partial charge in [0.15, 0.2) is 0 Å². The number of anilines is 2. The van der Waals surface area contributed by atoms with Gasteiger partial charge in [-0.15, -0.1) is 0 Å². The lowest BCUT2D eigenvalue weighted by Gasteiger charge is -2.12. The Labute approximate surface area is 187 Å². The maximum Gasteiger partial charge on any atom is 0.315 e. The van der Waals surface area contributed by atoms with Crippen molar-refractivity contribution in [3.63, 3.8) is 0 Å². The number of para-hydroxylation sites is 1. The number of nitrogens with zero attached hydrogens (tertiary/aromatic N) is 2. The number of benzene rings is 1. The predicted molar refractivity (Wildman–Crippen MR) is 125 cm³/mol. The molecule has 32 heavy (non-hydrogen) atoms. The SMILES string of the molecule is CNC(=O)c1ccc(CCCCNC(=O)NCc2cccnc2)nc1Nc1ccccc1. The average molecular weight is 433 g/mol. The molecule has 0 unspecified atom stereocenters. The highest BCUT2D eigenvalue weighted by Crippen LogP contribution is 2.20. The van der Waals surface area contributed by atoms with Gasteiger partial charge >= 0.3 is 6.03 Å². The second-order valence-electron chi connectivity index (χ2n) is 7.20. The first kappa shape index (κ1) is 22.7. The van der Waals surface area contributed by atoms with Gasteiger partial charge in [0.05, 0.1) is 5.56 Å². The van der Waals surface area contributed by atoms with Crippen molar-refractivity contribution in [2.75, 3.05) is 18.9 Å². The highest BCUT2D eigenvalue weighted by molar-refractivity contribution is 5.99. The van der Waals surface area contributed by atoms with E-state index in [1.165, 1.54) is 0 Å². The van der Waals surface area contributed by atoms with Crippen LogP contribution in [0.4, 0.5) is 16.3 Å². The Bertz CT molecular complexity index is 1010. The number of aromatic nitrogens is 2. The third kappa shape index (κ3) is 7.09. The molecular weight excluding hydrogens is 404 g/mol. The van der Waals surface area contributed by atoms with E-state index in [2.05, 4.69) is 31.2 Å². The summed E-state index contributed by atoms with van der Waals surface area (Å²) in [4.78, 5) is 32.8. The van der Waals surface area contributed by atoms with Gasteiger partial charge in [-0.05, 0) is 55.2 Å². The van der Waals surface area contributed by atoms with Gasteiger partial charge in [0, 0.05) is 43.9 Å². The second-order valence-corrected chi connectivity index (χ2v) is 7.20. The lowest BCUT2D eigenvalue weighted by atomic mass is 10.1. The van der Waals surface area contributed by atoms with Crippen molar-refractivity contribution in [3.8, 4) is 0 Å². The van der Waals surface area contributed by atoms with E-state index in [0.29, 0.717) is 24.5 Å². The van der Waals surface area contributed by atoms with Gasteiger partial charge in [0.1, 0.15) is 5.82 Å². The number of urea groups is 1. The molecule has 3 aromatic rings. The summed E-state index contributed by atoms with van der Waals surface area (Å²) in [6, 6.07) is 16.8. The molecule has 0 saturated heterocycles. The summed E-state index contributed by atoms with van der Waals surface area (Å²) in [5.41, 5.74) is 3.20. The third-order valence-electron chi connectivity index (χ3n) is 4.78. The lowest BCUT2D eigenvalue weighted by molar-refractivity contribution is 0.0963. The Morgan fingerprint density at radius 2 is 1.78 bits per heavy atom. The number of pyridine rings is 2. The number of nitrogens with one attached hydrogen (secondary N) is 4. The molecule has 0 aliphatic rings. The van der Waals surface area contributed by atoms with Gasteiger partial charge < -0.3 is 21.3 Å². The fourth-order valence-electron chi connectivity index (χ4n) is 3.09. The van der Waals surface area contributed by atoms with Crippen molar-refractivity contribution in [2.45, 2.75) is 25.8 Å². The molecule has 3 rings (SSSR count). The van der Waals surface area contributed by atoms with Crippen LogP contribution in [0.2, 0.25) is 0 Å². The Morgan fingerprint density at radius 3 is 2.53 bits per heavy atom. The average Bonchev–Trinajstić information content (AvgIpc) is 2.83. The summed E-state index contributed by atoms with van der Waals surface area (Å²) < 4.78 is 0. The topological polar surface area (TPSA) is 108 Å². The molecule has 2 aromatic heterocycles. The highest BCUT2D eigenvalue weighted by atomic mass is 16.2. The summed E-state index contributed by atoms with van der Waals surface area (Å²) in [5, 5.41) is 11.6. The van der Waals surface area contributed by atoms with Gasteiger partial charge in [0.2, 0.25) is 0 Å². The van der Waals surface area contributed by atoms with E-state index in [0.717, 1.165) is 36.2 Å². The maximum absolute atomic E-state index is 12.2. The van der Waals surface area contributed by atoms with Crippen LogP contribution in [0.3, 0.4) is 0 Å². The van der Waals surface area contributed by atoms with E-state index < -0.39 is 0 Å². The molecule has 0 fully saturated rings. The van der Waals surface area contributed by atoms with Gasteiger partial charge in [-0.25, -0.2) is 9.78 Å². The standard InChI is InChI=1S/C24H28N6O2/c1-25-23(31)21-13-12-20(30-22(21)29-19-9-3-2-4-10-19)11-5-6-15-27-24(32)28-17-18-8-7-14-26-16-18/h2-4,7-10,12-14,16H,5-6,11,15,17H2,1H3,(H,25,31)(H,29,30)(H2,27,28,32). The minimum atomic E-state index is -0.198. The first-order valence-electron chi connectivity index (χ1n) is 10.6. The van der Waals surface area contributed by atoms with E-state index in [9.17, 15) is 9.59 Å². The summed E-state index contributed by atoms with van der Waals surface area (Å²) in [6.07, 6.45) is 5.85. The summed E-state index contributed by atoms with van der Waals surface area (Å²) in [5.74, 6) is 0.338. The molecule has 2 heterocycles. The Morgan fingerprint density at radius 1 is 0.938 bits per heavy atom. The van der Waals surface area contributed by atoms with Crippen molar-refractivity contribution in [2.24, 2.45) is 0 Å². The maximum atomic E-state index is 12.2. The van der Waals surface area contributed by atoms with Gasteiger partial charge in [0.25, 0.3) is 5.91 Å². The predicted octanol–water partition coefficient (Wildman–Crippen LogP) is 3.40. The molecule has 0 bridgehead atoms. The van der Waals surface area contributed by atoms with Crippen molar-refractivity contribution in [3.05, 3.63) is 83.8 Å². The van der Waals surface area contributed by atoms with Crippen molar-refractivity contribution in [1.29, 1.82) is 0 Å². The van der Waals surface area contributed by atoms with Crippen LogP contribution in [0.25, 0.3) is 0 Å². The number of aryl methyl sites for hydroxylation is 1. The van der Waals surface area contributed by atoms with E-state index >= 15 is 0 Å². The Kier molecular flexibility index (Phi) is 8.56. The lowest BCUT2D eigenvalue weighted by Crippen LogP contribution is -2.35. The number of amides is 3. The molecule has 0 aliphatic heterocycles.